The quantitative estimate of drug-likeness (QED) is 0.186. The lowest BCUT2D eigenvalue weighted by Crippen LogP contribution is -2.00. The van der Waals surface area contributed by atoms with Crippen molar-refractivity contribution in [2.24, 2.45) is 0 Å². The molecule has 238 valence electrons. The van der Waals surface area contributed by atoms with E-state index in [1.54, 1.807) is 11.3 Å². The van der Waals surface area contributed by atoms with Crippen LogP contribution in [0, 0.1) is 0 Å². The average molecular weight is 672 g/mol. The molecule has 0 amide bonds. The first-order valence-electron chi connectivity index (χ1n) is 16.8. The zero-order valence-electron chi connectivity index (χ0n) is 27.0. The maximum absolute atomic E-state index is 6.75. The van der Waals surface area contributed by atoms with Gasteiger partial charge in [0.15, 0.2) is 17.5 Å². The SMILES string of the molecule is c1ccc(-c2nc(-c3ccc4sc5ccccc5c4c3)nc(-c3cccc4c3oc3cc(-c5cccc6oc7ccccc7c56)ccc34)n2)cc1. The fraction of sp³-hybridized carbons (Fsp3) is 0. The topological polar surface area (TPSA) is 65.0 Å². The molecular weight excluding hydrogens is 647 g/mol. The van der Waals surface area contributed by atoms with Crippen molar-refractivity contribution in [2.45, 2.75) is 0 Å². The van der Waals surface area contributed by atoms with Crippen LogP contribution in [-0.2, 0) is 0 Å². The summed E-state index contributed by atoms with van der Waals surface area (Å²) in [6.45, 7) is 0. The molecule has 11 aromatic rings. The van der Waals surface area contributed by atoms with Crippen molar-refractivity contribution in [1.29, 1.82) is 0 Å². The molecule has 0 N–H and O–H groups in total. The fourth-order valence-corrected chi connectivity index (χ4v) is 8.45. The maximum Gasteiger partial charge on any atom is 0.167 e. The van der Waals surface area contributed by atoms with Gasteiger partial charge in [-0.1, -0.05) is 97.1 Å². The van der Waals surface area contributed by atoms with Gasteiger partial charge in [-0.25, -0.2) is 15.0 Å². The summed E-state index contributed by atoms with van der Waals surface area (Å²) in [5, 5.41) is 6.68. The number of hydrogen-bond donors (Lipinski definition) is 0. The number of para-hydroxylation sites is 2. The molecule has 4 aromatic heterocycles. The Labute approximate surface area is 295 Å². The van der Waals surface area contributed by atoms with Gasteiger partial charge in [0.05, 0.1) is 5.56 Å². The summed E-state index contributed by atoms with van der Waals surface area (Å²) in [7, 11) is 0. The van der Waals surface area contributed by atoms with Gasteiger partial charge in [0.2, 0.25) is 0 Å². The van der Waals surface area contributed by atoms with Crippen molar-refractivity contribution in [3.05, 3.63) is 152 Å². The molecule has 7 aromatic carbocycles. The largest absolute Gasteiger partial charge is 0.456 e. The number of aromatic nitrogens is 3. The van der Waals surface area contributed by atoms with Gasteiger partial charge < -0.3 is 8.83 Å². The van der Waals surface area contributed by atoms with E-state index in [9.17, 15) is 0 Å². The van der Waals surface area contributed by atoms with Gasteiger partial charge >= 0.3 is 0 Å². The zero-order chi connectivity index (χ0) is 33.5. The Balaban J connectivity index is 1.10. The van der Waals surface area contributed by atoms with Gasteiger partial charge in [0, 0.05) is 52.8 Å². The lowest BCUT2D eigenvalue weighted by atomic mass is 9.98. The van der Waals surface area contributed by atoms with Gasteiger partial charge in [0.1, 0.15) is 22.3 Å². The number of nitrogens with zero attached hydrogens (tertiary/aromatic N) is 3. The second-order valence-electron chi connectivity index (χ2n) is 12.8. The van der Waals surface area contributed by atoms with E-state index in [2.05, 4.69) is 84.9 Å². The van der Waals surface area contributed by atoms with E-state index >= 15 is 0 Å². The molecule has 0 radical (unpaired) electrons. The normalized spacial score (nSPS) is 11.9. The highest BCUT2D eigenvalue weighted by molar-refractivity contribution is 7.25. The number of fused-ring (bicyclic) bond motifs is 9. The Morgan fingerprint density at radius 1 is 0.373 bits per heavy atom. The van der Waals surface area contributed by atoms with Crippen molar-refractivity contribution in [3.63, 3.8) is 0 Å². The van der Waals surface area contributed by atoms with Crippen LogP contribution >= 0.6 is 11.3 Å². The highest BCUT2D eigenvalue weighted by Gasteiger charge is 2.19. The third-order valence-corrected chi connectivity index (χ3v) is 10.9. The predicted molar refractivity (Wildman–Crippen MR) is 209 cm³/mol. The Hall–Kier alpha value is -6.63. The first-order valence-corrected chi connectivity index (χ1v) is 17.7. The molecule has 5 nitrogen and oxygen atoms in total. The molecule has 0 spiro atoms. The molecule has 0 bridgehead atoms. The summed E-state index contributed by atoms with van der Waals surface area (Å²) >= 11 is 1.80. The van der Waals surface area contributed by atoms with Crippen LogP contribution in [0.15, 0.2) is 160 Å². The van der Waals surface area contributed by atoms with E-state index in [1.165, 1.54) is 20.2 Å². The Bertz CT molecular complexity index is 3160. The Morgan fingerprint density at radius 3 is 1.98 bits per heavy atom. The highest BCUT2D eigenvalue weighted by atomic mass is 32.1. The first kappa shape index (κ1) is 28.2. The molecule has 0 saturated carbocycles. The van der Waals surface area contributed by atoms with Crippen LogP contribution in [0.5, 0.6) is 0 Å². The number of benzene rings is 7. The standard InChI is InChI=1S/C45H25N3O2S/c1-2-10-26(11-3-1)43-46-44(28-21-23-40-35(24-28)31-12-5-7-19-39(31)51-40)48-45(47-43)34-16-8-15-32-30-22-20-27(25-38(30)50-42(32)34)29-14-9-18-37-41(29)33-13-4-6-17-36(33)49-37/h1-25H. The molecule has 0 unspecified atom stereocenters. The van der Waals surface area contributed by atoms with E-state index in [-0.39, 0.29) is 0 Å². The molecule has 4 heterocycles. The van der Waals surface area contributed by atoms with Crippen LogP contribution in [-0.4, -0.2) is 15.0 Å². The Morgan fingerprint density at radius 2 is 1.06 bits per heavy atom. The minimum Gasteiger partial charge on any atom is -0.456 e. The molecule has 11 rings (SSSR count). The number of hydrogen-bond acceptors (Lipinski definition) is 6. The summed E-state index contributed by atoms with van der Waals surface area (Å²) < 4.78 is 15.4. The molecule has 0 atom stereocenters. The number of furan rings is 2. The van der Waals surface area contributed by atoms with E-state index in [0.29, 0.717) is 17.5 Å². The van der Waals surface area contributed by atoms with Crippen LogP contribution in [0.1, 0.15) is 0 Å². The summed E-state index contributed by atoms with van der Waals surface area (Å²) in [6, 6.07) is 52.1. The van der Waals surface area contributed by atoms with Crippen LogP contribution in [0.3, 0.4) is 0 Å². The second-order valence-corrected chi connectivity index (χ2v) is 13.8. The van der Waals surface area contributed by atoms with Crippen molar-refractivity contribution < 1.29 is 8.83 Å². The van der Waals surface area contributed by atoms with Crippen LogP contribution in [0.4, 0.5) is 0 Å². The number of thiophene rings is 1. The summed E-state index contributed by atoms with van der Waals surface area (Å²) in [4.78, 5) is 15.2. The average Bonchev–Trinajstić information content (AvgIpc) is 3.88. The smallest absolute Gasteiger partial charge is 0.167 e. The summed E-state index contributed by atoms with van der Waals surface area (Å²) in [5.74, 6) is 1.79. The maximum atomic E-state index is 6.75. The molecule has 6 heteroatoms. The van der Waals surface area contributed by atoms with Gasteiger partial charge in [0.25, 0.3) is 0 Å². The third kappa shape index (κ3) is 4.43. The molecular formula is C45H25N3O2S. The van der Waals surface area contributed by atoms with Gasteiger partial charge in [-0.3, -0.25) is 0 Å². The fourth-order valence-electron chi connectivity index (χ4n) is 7.36. The number of rotatable bonds is 4. The zero-order valence-corrected chi connectivity index (χ0v) is 27.8. The van der Waals surface area contributed by atoms with Crippen molar-refractivity contribution in [1.82, 2.24) is 15.0 Å². The highest BCUT2D eigenvalue weighted by Crippen LogP contribution is 2.41. The molecule has 0 aliphatic carbocycles. The second kappa shape index (κ2) is 10.9. The lowest BCUT2D eigenvalue weighted by molar-refractivity contribution is 0.668. The van der Waals surface area contributed by atoms with Crippen LogP contribution < -0.4 is 0 Å². The van der Waals surface area contributed by atoms with Crippen LogP contribution in [0.2, 0.25) is 0 Å². The van der Waals surface area contributed by atoms with Crippen molar-refractivity contribution in [2.75, 3.05) is 0 Å². The van der Waals surface area contributed by atoms with Gasteiger partial charge in [-0.2, -0.15) is 0 Å². The third-order valence-electron chi connectivity index (χ3n) is 9.76. The Kier molecular flexibility index (Phi) is 6.05. The minimum absolute atomic E-state index is 0.564. The summed E-state index contributed by atoms with van der Waals surface area (Å²) in [5.41, 5.74) is 8.13. The van der Waals surface area contributed by atoms with Crippen molar-refractivity contribution in [3.8, 4) is 45.3 Å². The summed E-state index contributed by atoms with van der Waals surface area (Å²) in [6.07, 6.45) is 0. The van der Waals surface area contributed by atoms with Gasteiger partial charge in [-0.05, 0) is 65.7 Å². The predicted octanol–water partition coefficient (Wildman–Crippen LogP) is 12.7. The first-order chi connectivity index (χ1) is 25.2. The monoisotopic (exact) mass is 671 g/mol. The van der Waals surface area contributed by atoms with E-state index in [4.69, 9.17) is 23.8 Å². The van der Waals surface area contributed by atoms with Crippen LogP contribution in [0.25, 0.3) is 109 Å². The van der Waals surface area contributed by atoms with E-state index in [1.807, 2.05) is 66.7 Å². The minimum atomic E-state index is 0.564. The van der Waals surface area contributed by atoms with E-state index in [0.717, 1.165) is 71.7 Å². The molecule has 51 heavy (non-hydrogen) atoms. The van der Waals surface area contributed by atoms with E-state index < -0.39 is 0 Å². The van der Waals surface area contributed by atoms with Gasteiger partial charge in [-0.15, -0.1) is 11.3 Å². The molecule has 0 aliphatic rings. The van der Waals surface area contributed by atoms with Crippen molar-refractivity contribution >= 4 is 75.4 Å². The molecule has 0 aliphatic heterocycles. The lowest BCUT2D eigenvalue weighted by Gasteiger charge is -2.09. The molecule has 0 fully saturated rings. The molecule has 0 saturated heterocycles.